The Bertz CT molecular complexity index is 1280. The molecule has 40 heavy (non-hydrogen) atoms. The molecule has 4 unspecified atom stereocenters. The third-order valence-corrected chi connectivity index (χ3v) is 6.24. The van der Waals surface area contributed by atoms with Crippen LogP contribution < -0.4 is 21.7 Å². The van der Waals surface area contributed by atoms with E-state index in [1.807, 2.05) is 6.07 Å². The molecule has 0 heterocycles. The van der Waals surface area contributed by atoms with Gasteiger partial charge in [-0.25, -0.2) is 4.79 Å². The highest BCUT2D eigenvalue weighted by Gasteiger charge is 2.30. The van der Waals surface area contributed by atoms with Crippen molar-refractivity contribution in [1.82, 2.24) is 16.0 Å². The average Bonchev–Trinajstić information content (AvgIpc) is 2.94. The van der Waals surface area contributed by atoms with Crippen LogP contribution in [-0.2, 0) is 38.4 Å². The number of aromatic hydroxyl groups is 1. The van der Waals surface area contributed by atoms with Gasteiger partial charge in [0.25, 0.3) is 0 Å². The first kappa shape index (κ1) is 29.9. The van der Waals surface area contributed by atoms with Crippen LogP contribution in [0, 0.1) is 0 Å². The highest BCUT2D eigenvalue weighted by Crippen LogP contribution is 2.13. The molecule has 3 amide bonds. The fraction of sp³-hybridized carbons (Fsp3) is 0.267. The zero-order valence-electron chi connectivity index (χ0n) is 22.1. The van der Waals surface area contributed by atoms with Crippen molar-refractivity contribution < 1.29 is 29.4 Å². The molecule has 0 bridgehead atoms. The SMILES string of the molecule is CC(N)C(=O)NC(Cc1ccccc1)C(=O)NC(Cc1ccc(O)cc1)C(=O)NC(Cc1ccccc1)C(=O)O. The number of hydrogen-bond acceptors (Lipinski definition) is 6. The highest BCUT2D eigenvalue weighted by molar-refractivity contribution is 5.94. The number of aliphatic carboxylic acids is 1. The maximum atomic E-state index is 13.5. The summed E-state index contributed by atoms with van der Waals surface area (Å²) in [6.07, 6.45) is 0.197. The van der Waals surface area contributed by atoms with Crippen LogP contribution in [0.25, 0.3) is 0 Å². The van der Waals surface area contributed by atoms with Crippen molar-refractivity contribution in [2.24, 2.45) is 5.73 Å². The second-order valence-corrected chi connectivity index (χ2v) is 9.56. The van der Waals surface area contributed by atoms with Gasteiger partial charge in [0.05, 0.1) is 6.04 Å². The van der Waals surface area contributed by atoms with E-state index in [4.69, 9.17) is 5.73 Å². The maximum absolute atomic E-state index is 13.5. The fourth-order valence-electron chi connectivity index (χ4n) is 4.03. The zero-order chi connectivity index (χ0) is 29.1. The predicted octanol–water partition coefficient (Wildman–Crippen LogP) is 1.31. The normalized spacial score (nSPS) is 13.8. The van der Waals surface area contributed by atoms with E-state index in [-0.39, 0.29) is 25.0 Å². The Morgan fingerprint density at radius 3 is 1.43 bits per heavy atom. The van der Waals surface area contributed by atoms with Crippen LogP contribution >= 0.6 is 0 Å². The minimum atomic E-state index is -1.24. The van der Waals surface area contributed by atoms with Crippen LogP contribution in [0.1, 0.15) is 23.6 Å². The number of nitrogens with two attached hydrogens (primary N) is 1. The third kappa shape index (κ3) is 9.25. The monoisotopic (exact) mass is 546 g/mol. The molecule has 3 aromatic carbocycles. The van der Waals surface area contributed by atoms with E-state index in [0.717, 1.165) is 11.1 Å². The molecule has 0 aliphatic heterocycles. The largest absolute Gasteiger partial charge is 0.508 e. The summed E-state index contributed by atoms with van der Waals surface area (Å²) in [6, 6.07) is 19.7. The predicted molar refractivity (Wildman–Crippen MR) is 149 cm³/mol. The quantitative estimate of drug-likeness (QED) is 0.188. The van der Waals surface area contributed by atoms with Crippen LogP contribution in [0.3, 0.4) is 0 Å². The number of nitrogens with one attached hydrogen (secondary N) is 3. The Labute approximate surface area is 232 Å². The Kier molecular flexibility index (Phi) is 10.8. The topological polar surface area (TPSA) is 171 Å². The molecule has 0 spiro atoms. The molecule has 7 N–H and O–H groups in total. The molecule has 210 valence electrons. The van der Waals surface area contributed by atoms with Gasteiger partial charge in [0.2, 0.25) is 17.7 Å². The van der Waals surface area contributed by atoms with Crippen LogP contribution in [0.2, 0.25) is 0 Å². The molecule has 0 fully saturated rings. The van der Waals surface area contributed by atoms with Crippen molar-refractivity contribution in [2.75, 3.05) is 0 Å². The first-order valence-electron chi connectivity index (χ1n) is 12.9. The summed E-state index contributed by atoms with van der Waals surface area (Å²) < 4.78 is 0. The van der Waals surface area contributed by atoms with Crippen molar-refractivity contribution in [3.63, 3.8) is 0 Å². The molecular weight excluding hydrogens is 512 g/mol. The lowest BCUT2D eigenvalue weighted by molar-refractivity contribution is -0.142. The van der Waals surface area contributed by atoms with Gasteiger partial charge in [-0.05, 0) is 35.7 Å². The lowest BCUT2D eigenvalue weighted by Gasteiger charge is -2.25. The second kappa shape index (κ2) is 14.5. The lowest BCUT2D eigenvalue weighted by Crippen LogP contribution is -2.58. The number of hydrogen-bond donors (Lipinski definition) is 6. The molecule has 0 aliphatic rings. The average molecular weight is 547 g/mol. The standard InChI is InChI=1S/C30H34N4O6/c1-19(31)27(36)32-24(16-20-8-4-2-5-9-20)28(37)33-25(17-22-12-14-23(35)15-13-22)29(38)34-26(30(39)40)18-21-10-6-3-7-11-21/h2-15,19,24-26,35H,16-18,31H2,1H3,(H,32,36)(H,33,37)(H,34,38)(H,39,40). The van der Waals surface area contributed by atoms with Gasteiger partial charge in [0.15, 0.2) is 0 Å². The zero-order valence-corrected chi connectivity index (χ0v) is 22.1. The van der Waals surface area contributed by atoms with Gasteiger partial charge in [-0.15, -0.1) is 0 Å². The van der Waals surface area contributed by atoms with Crippen molar-refractivity contribution in [3.05, 3.63) is 102 Å². The molecule has 0 saturated heterocycles. The van der Waals surface area contributed by atoms with E-state index in [0.29, 0.717) is 5.56 Å². The van der Waals surface area contributed by atoms with E-state index in [9.17, 15) is 29.4 Å². The van der Waals surface area contributed by atoms with E-state index in [2.05, 4.69) is 16.0 Å². The summed E-state index contributed by atoms with van der Waals surface area (Å²) in [6.45, 7) is 1.49. The number of benzene rings is 3. The number of amides is 3. The van der Waals surface area contributed by atoms with Crippen LogP contribution in [-0.4, -0.2) is 58.1 Å². The summed E-state index contributed by atoms with van der Waals surface area (Å²) in [7, 11) is 0. The van der Waals surface area contributed by atoms with Crippen molar-refractivity contribution in [3.8, 4) is 5.75 Å². The van der Waals surface area contributed by atoms with E-state index >= 15 is 0 Å². The van der Waals surface area contributed by atoms with Gasteiger partial charge in [0, 0.05) is 19.3 Å². The van der Waals surface area contributed by atoms with Gasteiger partial charge < -0.3 is 31.9 Å². The van der Waals surface area contributed by atoms with E-state index in [1.165, 1.54) is 19.1 Å². The number of phenols is 1. The van der Waals surface area contributed by atoms with Crippen molar-refractivity contribution in [1.29, 1.82) is 0 Å². The minimum absolute atomic E-state index is 0.00875. The molecule has 0 radical (unpaired) electrons. The van der Waals surface area contributed by atoms with Crippen molar-refractivity contribution in [2.45, 2.75) is 50.4 Å². The molecule has 4 atom stereocenters. The van der Waals surface area contributed by atoms with Gasteiger partial charge in [-0.3, -0.25) is 14.4 Å². The van der Waals surface area contributed by atoms with Crippen LogP contribution in [0.15, 0.2) is 84.9 Å². The Morgan fingerprint density at radius 2 is 1.00 bits per heavy atom. The second-order valence-electron chi connectivity index (χ2n) is 9.56. The Morgan fingerprint density at radius 1 is 0.625 bits per heavy atom. The summed E-state index contributed by atoms with van der Waals surface area (Å²) in [5.41, 5.74) is 7.82. The van der Waals surface area contributed by atoms with Gasteiger partial charge in [-0.1, -0.05) is 72.8 Å². The fourth-order valence-corrected chi connectivity index (χ4v) is 4.03. The third-order valence-electron chi connectivity index (χ3n) is 6.24. The number of carbonyl (C=O) groups is 4. The summed E-state index contributed by atoms with van der Waals surface area (Å²) in [4.78, 5) is 51.3. The molecule has 0 aromatic heterocycles. The molecule has 10 heteroatoms. The van der Waals surface area contributed by atoms with Gasteiger partial charge in [-0.2, -0.15) is 0 Å². The number of carbonyl (C=O) groups excluding carboxylic acids is 3. The maximum Gasteiger partial charge on any atom is 0.326 e. The number of carboxylic acids is 1. The molecule has 0 saturated carbocycles. The molecule has 3 rings (SSSR count). The Balaban J connectivity index is 1.84. The van der Waals surface area contributed by atoms with Crippen molar-refractivity contribution >= 4 is 23.7 Å². The number of rotatable bonds is 13. The van der Waals surface area contributed by atoms with E-state index < -0.39 is 47.9 Å². The van der Waals surface area contributed by atoms with Crippen LogP contribution in [0.5, 0.6) is 5.75 Å². The molecule has 0 aliphatic carbocycles. The smallest absolute Gasteiger partial charge is 0.326 e. The summed E-state index contributed by atoms with van der Waals surface area (Å²) in [5.74, 6) is -3.07. The Hall–Kier alpha value is -4.70. The summed E-state index contributed by atoms with van der Waals surface area (Å²) in [5, 5.41) is 27.3. The lowest BCUT2D eigenvalue weighted by atomic mass is 10.0. The first-order chi connectivity index (χ1) is 19.1. The first-order valence-corrected chi connectivity index (χ1v) is 12.9. The van der Waals surface area contributed by atoms with Gasteiger partial charge >= 0.3 is 5.97 Å². The number of carboxylic acid groups (broad SMARTS) is 1. The van der Waals surface area contributed by atoms with Gasteiger partial charge in [0.1, 0.15) is 23.9 Å². The molecule has 3 aromatic rings. The highest BCUT2D eigenvalue weighted by atomic mass is 16.4. The van der Waals surface area contributed by atoms with Crippen LogP contribution in [0.4, 0.5) is 0 Å². The number of phenolic OH excluding ortho intramolecular Hbond substituents is 1. The molecular formula is C30H34N4O6. The summed E-state index contributed by atoms with van der Waals surface area (Å²) >= 11 is 0. The minimum Gasteiger partial charge on any atom is -0.508 e. The van der Waals surface area contributed by atoms with E-state index in [1.54, 1.807) is 66.7 Å². The molecule has 10 nitrogen and oxygen atoms in total.